The topological polar surface area (TPSA) is 29.1 Å². The Balaban J connectivity index is 1.97. The Hall–Kier alpha value is -0.960. The largest absolute Gasteiger partial charge is 0.349 e. The molecule has 0 heterocycles. The lowest BCUT2D eigenvalue weighted by Crippen LogP contribution is -2.40. The number of amides is 1. The second-order valence-electron chi connectivity index (χ2n) is 5.43. The lowest BCUT2D eigenvalue weighted by Gasteiger charge is -2.30. The minimum atomic E-state index is 0.0470. The fraction of sp³-hybridized carbons (Fsp3) is 0.562. The average molecular weight is 277 g/mol. The molecule has 0 saturated heterocycles. The number of hydrogen-bond donors (Lipinski definition) is 2. The van der Waals surface area contributed by atoms with E-state index >= 15 is 0 Å². The first-order chi connectivity index (χ1) is 9.20. The number of nitrogens with one attached hydrogen (secondary N) is 1. The zero-order valence-electron chi connectivity index (χ0n) is 11.6. The number of rotatable bonds is 4. The molecule has 0 radical (unpaired) electrons. The monoisotopic (exact) mass is 277 g/mol. The molecule has 1 amide bonds. The van der Waals surface area contributed by atoms with Crippen LogP contribution < -0.4 is 5.32 Å². The van der Waals surface area contributed by atoms with Crippen LogP contribution >= 0.6 is 12.6 Å². The van der Waals surface area contributed by atoms with Crippen LogP contribution in [0.15, 0.2) is 29.2 Å². The van der Waals surface area contributed by atoms with Crippen molar-refractivity contribution in [3.63, 3.8) is 0 Å². The number of thiol groups is 1. The fourth-order valence-corrected chi connectivity index (χ4v) is 3.10. The number of carbonyl (C=O) groups excluding carboxylic acids is 1. The summed E-state index contributed by atoms with van der Waals surface area (Å²) in [7, 11) is 0. The summed E-state index contributed by atoms with van der Waals surface area (Å²) >= 11 is 4.24. The van der Waals surface area contributed by atoms with E-state index < -0.39 is 0 Å². The zero-order valence-corrected chi connectivity index (χ0v) is 12.5. The number of benzene rings is 1. The molecule has 2 rings (SSSR count). The second kappa shape index (κ2) is 6.99. The first-order valence-electron chi connectivity index (χ1n) is 7.30. The molecule has 19 heavy (non-hydrogen) atoms. The maximum Gasteiger partial charge on any atom is 0.251 e. The van der Waals surface area contributed by atoms with Crippen molar-refractivity contribution in [2.45, 2.75) is 56.4 Å². The van der Waals surface area contributed by atoms with Gasteiger partial charge in [0, 0.05) is 16.5 Å². The Morgan fingerprint density at radius 3 is 2.47 bits per heavy atom. The molecule has 1 aromatic rings. The highest BCUT2D eigenvalue weighted by Crippen LogP contribution is 2.27. The van der Waals surface area contributed by atoms with E-state index in [0.29, 0.717) is 12.0 Å². The molecule has 3 heteroatoms. The Morgan fingerprint density at radius 2 is 1.89 bits per heavy atom. The van der Waals surface area contributed by atoms with Crippen molar-refractivity contribution in [2.24, 2.45) is 5.92 Å². The molecule has 1 atom stereocenters. The van der Waals surface area contributed by atoms with Crippen LogP contribution in [-0.2, 0) is 0 Å². The number of hydrogen-bond acceptors (Lipinski definition) is 2. The molecule has 1 fully saturated rings. The van der Waals surface area contributed by atoms with Crippen molar-refractivity contribution in [1.29, 1.82) is 0 Å². The van der Waals surface area contributed by atoms with E-state index in [2.05, 4.69) is 24.9 Å². The van der Waals surface area contributed by atoms with Crippen LogP contribution in [0, 0.1) is 5.92 Å². The normalized spacial score (nSPS) is 18.0. The van der Waals surface area contributed by atoms with Crippen LogP contribution in [0.2, 0.25) is 0 Å². The van der Waals surface area contributed by atoms with Crippen LogP contribution in [0.3, 0.4) is 0 Å². The number of carbonyl (C=O) groups is 1. The summed E-state index contributed by atoms with van der Waals surface area (Å²) in [5, 5.41) is 3.21. The van der Waals surface area contributed by atoms with Gasteiger partial charge in [0.15, 0.2) is 0 Å². The molecule has 0 aromatic heterocycles. The molecule has 2 nitrogen and oxygen atoms in total. The van der Waals surface area contributed by atoms with Gasteiger partial charge in [-0.2, -0.15) is 0 Å². The minimum Gasteiger partial charge on any atom is -0.349 e. The molecule has 1 unspecified atom stereocenters. The molecule has 104 valence electrons. The van der Waals surface area contributed by atoms with Gasteiger partial charge in [0.2, 0.25) is 0 Å². The molecule has 0 bridgehead atoms. The van der Waals surface area contributed by atoms with E-state index in [1.807, 2.05) is 24.3 Å². The zero-order chi connectivity index (χ0) is 13.7. The molecule has 0 aliphatic heterocycles. The molecule has 1 aliphatic rings. The maximum absolute atomic E-state index is 12.2. The van der Waals surface area contributed by atoms with Crippen LogP contribution in [0.25, 0.3) is 0 Å². The van der Waals surface area contributed by atoms with Gasteiger partial charge >= 0.3 is 0 Å². The molecule has 1 N–H and O–H groups in total. The summed E-state index contributed by atoms with van der Waals surface area (Å²) in [6.07, 6.45) is 7.50. The summed E-state index contributed by atoms with van der Waals surface area (Å²) < 4.78 is 0. The second-order valence-corrected chi connectivity index (χ2v) is 5.95. The molecule has 1 saturated carbocycles. The molecule has 1 aliphatic carbocycles. The average Bonchev–Trinajstić information content (AvgIpc) is 2.46. The van der Waals surface area contributed by atoms with E-state index in [-0.39, 0.29) is 5.91 Å². The van der Waals surface area contributed by atoms with Gasteiger partial charge in [-0.3, -0.25) is 4.79 Å². The molecule has 1 aromatic carbocycles. The highest BCUT2D eigenvalue weighted by Gasteiger charge is 2.23. The standard InChI is InChI=1S/C16H23NOS/c1-2-15(12-6-4-3-5-7-12)17-16(18)13-8-10-14(19)11-9-13/h8-12,15,19H,2-7H2,1H3,(H,17,18). The first kappa shape index (κ1) is 14.4. The third-order valence-corrected chi connectivity index (χ3v) is 4.40. The summed E-state index contributed by atoms with van der Waals surface area (Å²) in [5.41, 5.74) is 0.729. The summed E-state index contributed by atoms with van der Waals surface area (Å²) in [6, 6.07) is 7.72. The Kier molecular flexibility index (Phi) is 5.32. The van der Waals surface area contributed by atoms with Gasteiger partial charge < -0.3 is 5.32 Å². The lowest BCUT2D eigenvalue weighted by atomic mass is 9.83. The van der Waals surface area contributed by atoms with Crippen molar-refractivity contribution in [3.05, 3.63) is 29.8 Å². The highest BCUT2D eigenvalue weighted by atomic mass is 32.1. The summed E-state index contributed by atoms with van der Waals surface area (Å²) in [6.45, 7) is 2.16. The maximum atomic E-state index is 12.2. The Labute approximate surface area is 121 Å². The summed E-state index contributed by atoms with van der Waals surface area (Å²) in [5.74, 6) is 0.706. The molecular formula is C16H23NOS. The van der Waals surface area contributed by atoms with Crippen LogP contribution in [-0.4, -0.2) is 11.9 Å². The van der Waals surface area contributed by atoms with Crippen molar-refractivity contribution >= 4 is 18.5 Å². The summed E-state index contributed by atoms with van der Waals surface area (Å²) in [4.78, 5) is 13.1. The van der Waals surface area contributed by atoms with Gasteiger partial charge in [-0.05, 0) is 49.4 Å². The van der Waals surface area contributed by atoms with Gasteiger partial charge in [-0.15, -0.1) is 12.6 Å². The first-order valence-corrected chi connectivity index (χ1v) is 7.75. The van der Waals surface area contributed by atoms with E-state index in [0.717, 1.165) is 16.9 Å². The quantitative estimate of drug-likeness (QED) is 0.798. The Bertz CT molecular complexity index is 409. The smallest absolute Gasteiger partial charge is 0.251 e. The molecule has 0 spiro atoms. The van der Waals surface area contributed by atoms with E-state index in [1.54, 1.807) is 0 Å². The third-order valence-electron chi connectivity index (χ3n) is 4.10. The van der Waals surface area contributed by atoms with E-state index in [1.165, 1.54) is 32.1 Å². The van der Waals surface area contributed by atoms with Gasteiger partial charge in [-0.25, -0.2) is 0 Å². The van der Waals surface area contributed by atoms with E-state index in [9.17, 15) is 4.79 Å². The van der Waals surface area contributed by atoms with Crippen LogP contribution in [0.4, 0.5) is 0 Å². The van der Waals surface area contributed by atoms with Crippen molar-refractivity contribution in [1.82, 2.24) is 5.32 Å². The predicted molar refractivity (Wildman–Crippen MR) is 81.8 cm³/mol. The Morgan fingerprint density at radius 1 is 1.26 bits per heavy atom. The molecular weight excluding hydrogens is 254 g/mol. The van der Waals surface area contributed by atoms with Crippen molar-refractivity contribution in [2.75, 3.05) is 0 Å². The lowest BCUT2D eigenvalue weighted by molar-refractivity contribution is 0.0911. The van der Waals surface area contributed by atoms with Gasteiger partial charge in [0.25, 0.3) is 5.91 Å². The van der Waals surface area contributed by atoms with Crippen molar-refractivity contribution in [3.8, 4) is 0 Å². The van der Waals surface area contributed by atoms with Gasteiger partial charge in [0.1, 0.15) is 0 Å². The highest BCUT2D eigenvalue weighted by molar-refractivity contribution is 7.80. The van der Waals surface area contributed by atoms with Crippen LogP contribution in [0.5, 0.6) is 0 Å². The van der Waals surface area contributed by atoms with Gasteiger partial charge in [0.05, 0.1) is 0 Å². The SMILES string of the molecule is CCC(NC(=O)c1ccc(S)cc1)C1CCCCC1. The van der Waals surface area contributed by atoms with E-state index in [4.69, 9.17) is 0 Å². The fourth-order valence-electron chi connectivity index (χ4n) is 2.95. The third kappa shape index (κ3) is 4.00. The predicted octanol–water partition coefficient (Wildman–Crippen LogP) is 4.06. The van der Waals surface area contributed by atoms with Crippen LogP contribution in [0.1, 0.15) is 55.8 Å². The minimum absolute atomic E-state index is 0.0470. The van der Waals surface area contributed by atoms with Crippen molar-refractivity contribution < 1.29 is 4.79 Å². The van der Waals surface area contributed by atoms with Gasteiger partial charge in [-0.1, -0.05) is 26.2 Å².